The van der Waals surface area contributed by atoms with Gasteiger partial charge in [0.25, 0.3) is 0 Å². The Kier molecular flexibility index (Phi) is 4.14. The summed E-state index contributed by atoms with van der Waals surface area (Å²) in [6.07, 6.45) is 3.45. The van der Waals surface area contributed by atoms with E-state index in [4.69, 9.17) is 0 Å². The lowest BCUT2D eigenvalue weighted by molar-refractivity contribution is 0.396. The molecule has 2 N–H and O–H groups in total. The topological polar surface area (TPSA) is 58.2 Å². The van der Waals surface area contributed by atoms with Crippen LogP contribution in [0.4, 0.5) is 0 Å². The molecule has 0 aliphatic carbocycles. The Bertz CT molecular complexity index is 287. The molecule has 1 heterocycles. The quantitative estimate of drug-likeness (QED) is 0.761. The van der Waals surface area contributed by atoms with E-state index in [0.29, 0.717) is 12.6 Å². The molecule has 15 heavy (non-hydrogen) atoms. The fourth-order valence-corrected chi connectivity index (χ4v) is 2.38. The number of rotatable bonds is 3. The Morgan fingerprint density at radius 2 is 2.00 bits per heavy atom. The van der Waals surface area contributed by atoms with Crippen molar-refractivity contribution >= 4 is 10.0 Å². The van der Waals surface area contributed by atoms with Crippen LogP contribution in [0.15, 0.2) is 0 Å². The first-order valence-corrected chi connectivity index (χ1v) is 7.04. The summed E-state index contributed by atoms with van der Waals surface area (Å²) >= 11 is 0. The molecule has 1 atom stereocenters. The molecule has 0 aromatic carbocycles. The third-order valence-electron chi connectivity index (χ3n) is 2.74. The lowest BCUT2D eigenvalue weighted by Crippen LogP contribution is -2.47. The van der Waals surface area contributed by atoms with Gasteiger partial charge in [0.15, 0.2) is 0 Å². The van der Waals surface area contributed by atoms with Gasteiger partial charge in [-0.2, -0.15) is 0 Å². The van der Waals surface area contributed by atoms with Crippen LogP contribution in [0.1, 0.15) is 40.0 Å². The van der Waals surface area contributed by atoms with Gasteiger partial charge in [-0.05, 0) is 40.2 Å². The summed E-state index contributed by atoms with van der Waals surface area (Å²) in [5.41, 5.74) is 0. The van der Waals surface area contributed by atoms with Crippen LogP contribution in [-0.2, 0) is 10.0 Å². The van der Waals surface area contributed by atoms with Crippen LogP contribution in [0, 0.1) is 0 Å². The lowest BCUT2D eigenvalue weighted by atomic mass is 10.1. The number of hydrogen-bond acceptors (Lipinski definition) is 3. The summed E-state index contributed by atoms with van der Waals surface area (Å²) in [5, 5.41) is 3.32. The van der Waals surface area contributed by atoms with Gasteiger partial charge in [0, 0.05) is 12.6 Å². The zero-order valence-electron chi connectivity index (χ0n) is 9.84. The normalized spacial score (nSPS) is 24.1. The molecular formula is C10H22N2O2S. The number of hydrogen-bond donors (Lipinski definition) is 2. The molecule has 0 saturated carbocycles. The summed E-state index contributed by atoms with van der Waals surface area (Å²) in [6.45, 7) is 6.65. The predicted molar refractivity (Wildman–Crippen MR) is 62.3 cm³/mol. The highest BCUT2D eigenvalue weighted by Crippen LogP contribution is 2.13. The third-order valence-corrected chi connectivity index (χ3v) is 4.90. The largest absolute Gasteiger partial charge is 0.313 e. The van der Waals surface area contributed by atoms with E-state index < -0.39 is 14.8 Å². The fourth-order valence-electron chi connectivity index (χ4n) is 1.53. The SMILES string of the molecule is CC(C)(C)S(=O)(=O)NCC1CCCCN1. The second-order valence-electron chi connectivity index (χ2n) is 5.11. The van der Waals surface area contributed by atoms with Crippen LogP contribution in [0.25, 0.3) is 0 Å². The third kappa shape index (κ3) is 3.74. The van der Waals surface area contributed by atoms with Crippen LogP contribution in [0.3, 0.4) is 0 Å². The molecule has 1 rings (SSSR count). The minimum absolute atomic E-state index is 0.302. The molecule has 90 valence electrons. The van der Waals surface area contributed by atoms with Crippen molar-refractivity contribution in [3.8, 4) is 0 Å². The second kappa shape index (κ2) is 4.80. The van der Waals surface area contributed by atoms with Gasteiger partial charge >= 0.3 is 0 Å². The average Bonchev–Trinajstić information content (AvgIpc) is 2.15. The van der Waals surface area contributed by atoms with Crippen molar-refractivity contribution in [2.45, 2.75) is 50.8 Å². The van der Waals surface area contributed by atoms with Gasteiger partial charge in [-0.15, -0.1) is 0 Å². The van der Waals surface area contributed by atoms with E-state index in [1.165, 1.54) is 12.8 Å². The lowest BCUT2D eigenvalue weighted by Gasteiger charge is -2.26. The Labute approximate surface area is 92.9 Å². The number of nitrogens with one attached hydrogen (secondary N) is 2. The maximum absolute atomic E-state index is 11.8. The number of sulfonamides is 1. The Morgan fingerprint density at radius 1 is 1.33 bits per heavy atom. The summed E-state index contributed by atoms with van der Waals surface area (Å²) < 4.78 is 25.5. The first-order valence-electron chi connectivity index (χ1n) is 5.55. The van der Waals surface area contributed by atoms with Gasteiger partial charge in [0.2, 0.25) is 10.0 Å². The molecule has 4 nitrogen and oxygen atoms in total. The van der Waals surface area contributed by atoms with Gasteiger partial charge in [-0.3, -0.25) is 0 Å². The Hall–Kier alpha value is -0.130. The van der Waals surface area contributed by atoms with Crippen molar-refractivity contribution in [2.24, 2.45) is 0 Å². The van der Waals surface area contributed by atoms with Gasteiger partial charge < -0.3 is 5.32 Å². The molecular weight excluding hydrogens is 212 g/mol. The van der Waals surface area contributed by atoms with Gasteiger partial charge in [-0.1, -0.05) is 6.42 Å². The van der Waals surface area contributed by atoms with E-state index in [-0.39, 0.29) is 0 Å². The molecule has 5 heteroatoms. The van der Waals surface area contributed by atoms with Crippen molar-refractivity contribution < 1.29 is 8.42 Å². The van der Waals surface area contributed by atoms with Gasteiger partial charge in [0.1, 0.15) is 0 Å². The van der Waals surface area contributed by atoms with Crippen molar-refractivity contribution in [2.75, 3.05) is 13.1 Å². The summed E-state index contributed by atoms with van der Waals surface area (Å²) in [5.74, 6) is 0. The van der Waals surface area contributed by atoms with Crippen molar-refractivity contribution in [3.63, 3.8) is 0 Å². The highest BCUT2D eigenvalue weighted by molar-refractivity contribution is 7.90. The smallest absolute Gasteiger partial charge is 0.216 e. The van der Waals surface area contributed by atoms with Crippen LogP contribution >= 0.6 is 0 Å². The first kappa shape index (κ1) is 12.9. The Balaban J connectivity index is 2.42. The monoisotopic (exact) mass is 234 g/mol. The highest BCUT2D eigenvalue weighted by atomic mass is 32.2. The minimum Gasteiger partial charge on any atom is -0.313 e. The van der Waals surface area contributed by atoms with Crippen LogP contribution < -0.4 is 10.0 Å². The van der Waals surface area contributed by atoms with E-state index in [9.17, 15) is 8.42 Å². The molecule has 0 aromatic rings. The molecule has 1 aliphatic heterocycles. The average molecular weight is 234 g/mol. The van der Waals surface area contributed by atoms with Crippen molar-refractivity contribution in [3.05, 3.63) is 0 Å². The van der Waals surface area contributed by atoms with Crippen LogP contribution in [0.2, 0.25) is 0 Å². The molecule has 0 bridgehead atoms. The zero-order chi connectivity index (χ0) is 11.5. The van der Waals surface area contributed by atoms with Crippen molar-refractivity contribution in [1.82, 2.24) is 10.0 Å². The summed E-state index contributed by atoms with van der Waals surface area (Å²) in [7, 11) is -3.19. The van der Waals surface area contributed by atoms with E-state index in [1.807, 2.05) is 0 Å². The molecule has 1 aliphatic rings. The van der Waals surface area contributed by atoms with Gasteiger partial charge in [-0.25, -0.2) is 13.1 Å². The van der Waals surface area contributed by atoms with E-state index in [1.54, 1.807) is 20.8 Å². The van der Waals surface area contributed by atoms with E-state index in [2.05, 4.69) is 10.0 Å². The molecule has 1 fully saturated rings. The molecule has 0 aromatic heterocycles. The number of piperidine rings is 1. The second-order valence-corrected chi connectivity index (χ2v) is 7.63. The Morgan fingerprint density at radius 3 is 2.47 bits per heavy atom. The van der Waals surface area contributed by atoms with E-state index >= 15 is 0 Å². The van der Waals surface area contributed by atoms with Crippen LogP contribution in [-0.4, -0.2) is 32.3 Å². The standard InChI is InChI=1S/C10H22N2O2S/c1-10(2,3)15(13,14)12-8-9-6-4-5-7-11-9/h9,11-12H,4-8H2,1-3H3. The molecule has 1 saturated heterocycles. The fraction of sp³-hybridized carbons (Fsp3) is 1.00. The molecule has 1 unspecified atom stereocenters. The molecule has 0 amide bonds. The molecule has 0 radical (unpaired) electrons. The maximum Gasteiger partial charge on any atom is 0.216 e. The van der Waals surface area contributed by atoms with E-state index in [0.717, 1.165) is 13.0 Å². The molecule has 0 spiro atoms. The first-order chi connectivity index (χ1) is 6.83. The minimum atomic E-state index is -3.19. The highest BCUT2D eigenvalue weighted by Gasteiger charge is 2.29. The predicted octanol–water partition coefficient (Wildman–Crippen LogP) is 0.846. The van der Waals surface area contributed by atoms with Crippen LogP contribution in [0.5, 0.6) is 0 Å². The zero-order valence-corrected chi connectivity index (χ0v) is 10.7. The summed E-state index contributed by atoms with van der Waals surface area (Å²) in [4.78, 5) is 0. The summed E-state index contributed by atoms with van der Waals surface area (Å²) in [6, 6.07) is 0.302. The maximum atomic E-state index is 11.8. The van der Waals surface area contributed by atoms with Gasteiger partial charge in [0.05, 0.1) is 4.75 Å². The van der Waals surface area contributed by atoms with Crippen molar-refractivity contribution in [1.29, 1.82) is 0 Å².